The van der Waals surface area contributed by atoms with E-state index in [1.807, 2.05) is 13.0 Å². The largest absolute Gasteiger partial charge is 0.354 e. The van der Waals surface area contributed by atoms with E-state index in [2.05, 4.69) is 20.2 Å². The van der Waals surface area contributed by atoms with Gasteiger partial charge >= 0.3 is 0 Å². The second kappa shape index (κ2) is 4.11. The Morgan fingerprint density at radius 3 is 2.71 bits per heavy atom. The fourth-order valence-electron chi connectivity index (χ4n) is 1.57. The standard InChI is InChI=1S/C9H13ClN4/c1-7-12-8(10)6-9(13-7)14-4-2-11-3-5-14/h6,11H,2-5H2,1H3. The molecule has 0 aliphatic carbocycles. The Balaban J connectivity index is 2.21. The van der Waals surface area contributed by atoms with Gasteiger partial charge in [-0.05, 0) is 6.92 Å². The van der Waals surface area contributed by atoms with Crippen LogP contribution in [-0.2, 0) is 0 Å². The summed E-state index contributed by atoms with van der Waals surface area (Å²) >= 11 is 5.88. The second-order valence-electron chi connectivity index (χ2n) is 3.33. The van der Waals surface area contributed by atoms with Gasteiger partial charge in [0.15, 0.2) is 0 Å². The Morgan fingerprint density at radius 1 is 1.36 bits per heavy atom. The normalized spacial score (nSPS) is 17.1. The van der Waals surface area contributed by atoms with Gasteiger partial charge < -0.3 is 10.2 Å². The number of hydrogen-bond acceptors (Lipinski definition) is 4. The molecule has 0 unspecified atom stereocenters. The second-order valence-corrected chi connectivity index (χ2v) is 3.72. The van der Waals surface area contributed by atoms with Gasteiger partial charge in [-0.3, -0.25) is 0 Å². The van der Waals surface area contributed by atoms with Gasteiger partial charge in [0.2, 0.25) is 0 Å². The van der Waals surface area contributed by atoms with E-state index in [0.717, 1.165) is 37.8 Å². The van der Waals surface area contributed by atoms with Crippen molar-refractivity contribution in [3.05, 3.63) is 17.0 Å². The van der Waals surface area contributed by atoms with Gasteiger partial charge in [-0.2, -0.15) is 0 Å². The van der Waals surface area contributed by atoms with E-state index in [1.165, 1.54) is 0 Å². The first-order valence-corrected chi connectivity index (χ1v) is 5.10. The highest BCUT2D eigenvalue weighted by Gasteiger charge is 2.12. The van der Waals surface area contributed by atoms with Crippen LogP contribution in [0.4, 0.5) is 5.82 Å². The van der Waals surface area contributed by atoms with Crippen molar-refractivity contribution >= 4 is 17.4 Å². The van der Waals surface area contributed by atoms with E-state index < -0.39 is 0 Å². The maximum absolute atomic E-state index is 5.88. The summed E-state index contributed by atoms with van der Waals surface area (Å²) in [5.74, 6) is 1.66. The molecule has 1 aliphatic heterocycles. The summed E-state index contributed by atoms with van der Waals surface area (Å²) in [6, 6.07) is 1.82. The molecule has 1 aromatic heterocycles. The molecular formula is C9H13ClN4. The third kappa shape index (κ3) is 2.13. The van der Waals surface area contributed by atoms with E-state index >= 15 is 0 Å². The Labute approximate surface area is 88.3 Å². The van der Waals surface area contributed by atoms with Crippen molar-refractivity contribution < 1.29 is 0 Å². The first-order chi connectivity index (χ1) is 6.75. The highest BCUT2D eigenvalue weighted by molar-refractivity contribution is 6.29. The smallest absolute Gasteiger partial charge is 0.134 e. The summed E-state index contributed by atoms with van der Waals surface area (Å²) in [5.41, 5.74) is 0. The molecule has 14 heavy (non-hydrogen) atoms. The van der Waals surface area contributed by atoms with Gasteiger partial charge in [0.25, 0.3) is 0 Å². The number of halogens is 1. The van der Waals surface area contributed by atoms with Crippen molar-refractivity contribution in [1.82, 2.24) is 15.3 Å². The zero-order valence-corrected chi connectivity index (χ0v) is 8.88. The molecule has 0 radical (unpaired) electrons. The number of nitrogens with one attached hydrogen (secondary N) is 1. The third-order valence-electron chi connectivity index (χ3n) is 2.23. The van der Waals surface area contributed by atoms with Crippen LogP contribution >= 0.6 is 11.6 Å². The van der Waals surface area contributed by atoms with E-state index in [-0.39, 0.29) is 0 Å². The van der Waals surface area contributed by atoms with Crippen molar-refractivity contribution in [3.8, 4) is 0 Å². The van der Waals surface area contributed by atoms with E-state index in [0.29, 0.717) is 5.15 Å². The lowest BCUT2D eigenvalue weighted by Gasteiger charge is -2.28. The quantitative estimate of drug-likeness (QED) is 0.701. The zero-order valence-electron chi connectivity index (χ0n) is 8.13. The van der Waals surface area contributed by atoms with E-state index in [9.17, 15) is 0 Å². The van der Waals surface area contributed by atoms with Gasteiger partial charge in [-0.15, -0.1) is 0 Å². The van der Waals surface area contributed by atoms with Gasteiger partial charge in [0.05, 0.1) is 0 Å². The van der Waals surface area contributed by atoms with Gasteiger partial charge in [-0.25, -0.2) is 9.97 Å². The van der Waals surface area contributed by atoms with Crippen LogP contribution in [0, 0.1) is 6.92 Å². The lowest BCUT2D eigenvalue weighted by molar-refractivity contribution is 0.584. The Kier molecular flexibility index (Phi) is 2.84. The summed E-state index contributed by atoms with van der Waals surface area (Å²) in [6.07, 6.45) is 0. The summed E-state index contributed by atoms with van der Waals surface area (Å²) < 4.78 is 0. The maximum atomic E-state index is 5.88. The molecule has 2 heterocycles. The van der Waals surface area contributed by atoms with Crippen molar-refractivity contribution in [2.75, 3.05) is 31.1 Å². The molecule has 1 aromatic rings. The monoisotopic (exact) mass is 212 g/mol. The van der Waals surface area contributed by atoms with Crippen molar-refractivity contribution in [2.45, 2.75) is 6.92 Å². The molecule has 1 N–H and O–H groups in total. The highest BCUT2D eigenvalue weighted by atomic mass is 35.5. The average Bonchev–Trinajstić information content (AvgIpc) is 2.18. The van der Waals surface area contributed by atoms with Gasteiger partial charge in [0.1, 0.15) is 16.8 Å². The minimum absolute atomic E-state index is 0.519. The molecule has 0 atom stereocenters. The van der Waals surface area contributed by atoms with E-state index in [4.69, 9.17) is 11.6 Å². The Morgan fingerprint density at radius 2 is 2.07 bits per heavy atom. The number of rotatable bonds is 1. The Bertz CT molecular complexity index is 302. The molecule has 5 heteroatoms. The molecule has 76 valence electrons. The van der Waals surface area contributed by atoms with Gasteiger partial charge in [0, 0.05) is 32.2 Å². The minimum atomic E-state index is 0.519. The van der Waals surface area contributed by atoms with Crippen LogP contribution in [0.15, 0.2) is 6.07 Å². The predicted octanol–water partition coefficient (Wildman–Crippen LogP) is 0.848. The molecule has 1 aliphatic rings. The average molecular weight is 213 g/mol. The molecule has 2 rings (SSSR count). The summed E-state index contributed by atoms with van der Waals surface area (Å²) in [7, 11) is 0. The number of piperazine rings is 1. The zero-order chi connectivity index (χ0) is 9.97. The molecule has 0 amide bonds. The lowest BCUT2D eigenvalue weighted by atomic mass is 10.3. The van der Waals surface area contributed by atoms with Crippen LogP contribution in [0.3, 0.4) is 0 Å². The molecular weight excluding hydrogens is 200 g/mol. The van der Waals surface area contributed by atoms with Crippen molar-refractivity contribution in [2.24, 2.45) is 0 Å². The SMILES string of the molecule is Cc1nc(Cl)cc(N2CCNCC2)n1. The lowest BCUT2D eigenvalue weighted by Crippen LogP contribution is -2.44. The number of aromatic nitrogens is 2. The molecule has 1 fully saturated rings. The van der Waals surface area contributed by atoms with Crippen LogP contribution in [-0.4, -0.2) is 36.1 Å². The molecule has 0 saturated carbocycles. The van der Waals surface area contributed by atoms with Crippen molar-refractivity contribution in [3.63, 3.8) is 0 Å². The van der Waals surface area contributed by atoms with Crippen molar-refractivity contribution in [1.29, 1.82) is 0 Å². The number of anilines is 1. The van der Waals surface area contributed by atoms with Crippen LogP contribution < -0.4 is 10.2 Å². The topological polar surface area (TPSA) is 41.1 Å². The highest BCUT2D eigenvalue weighted by Crippen LogP contribution is 2.15. The fourth-order valence-corrected chi connectivity index (χ4v) is 1.79. The first kappa shape index (κ1) is 9.68. The molecule has 0 bridgehead atoms. The van der Waals surface area contributed by atoms with Crippen LogP contribution in [0.1, 0.15) is 5.82 Å². The summed E-state index contributed by atoms with van der Waals surface area (Å²) in [4.78, 5) is 10.6. The predicted molar refractivity (Wildman–Crippen MR) is 56.9 cm³/mol. The summed E-state index contributed by atoms with van der Waals surface area (Å²) in [6.45, 7) is 5.82. The molecule has 0 spiro atoms. The van der Waals surface area contributed by atoms with Crippen LogP contribution in [0.2, 0.25) is 5.15 Å². The molecule has 4 nitrogen and oxygen atoms in total. The minimum Gasteiger partial charge on any atom is -0.354 e. The number of nitrogens with zero attached hydrogens (tertiary/aromatic N) is 3. The van der Waals surface area contributed by atoms with Crippen LogP contribution in [0.5, 0.6) is 0 Å². The maximum Gasteiger partial charge on any atom is 0.134 e. The number of hydrogen-bond donors (Lipinski definition) is 1. The van der Waals surface area contributed by atoms with E-state index in [1.54, 1.807) is 0 Å². The third-order valence-corrected chi connectivity index (χ3v) is 2.43. The van der Waals surface area contributed by atoms with Gasteiger partial charge in [-0.1, -0.05) is 11.6 Å². The summed E-state index contributed by atoms with van der Waals surface area (Å²) in [5, 5.41) is 3.82. The molecule has 1 saturated heterocycles. The fraction of sp³-hybridized carbons (Fsp3) is 0.556. The number of aryl methyl sites for hydroxylation is 1. The molecule has 0 aromatic carbocycles. The van der Waals surface area contributed by atoms with Crippen LogP contribution in [0.25, 0.3) is 0 Å². The first-order valence-electron chi connectivity index (χ1n) is 4.72. The Hall–Kier alpha value is -0.870.